The molecule has 5 rings (SSSR count). The van der Waals surface area contributed by atoms with Crippen LogP contribution in [0.3, 0.4) is 0 Å². The van der Waals surface area contributed by atoms with Gasteiger partial charge in [0.15, 0.2) is 0 Å². The van der Waals surface area contributed by atoms with Crippen LogP contribution >= 0.6 is 0 Å². The Morgan fingerprint density at radius 1 is 0.786 bits per heavy atom. The van der Waals surface area contributed by atoms with Crippen LogP contribution in [0.2, 0.25) is 0 Å². The van der Waals surface area contributed by atoms with Crippen LogP contribution in [-0.4, -0.2) is 11.8 Å². The predicted octanol–water partition coefficient (Wildman–Crippen LogP) is 3.09. The molecule has 0 spiro atoms. The monoisotopic (exact) mass is 376 g/mol. The van der Waals surface area contributed by atoms with Crippen LogP contribution < -0.4 is 11.5 Å². The van der Waals surface area contributed by atoms with E-state index in [1.165, 1.54) is 22.3 Å². The Morgan fingerprint density at radius 3 is 1.86 bits per heavy atom. The summed E-state index contributed by atoms with van der Waals surface area (Å²) < 4.78 is 0. The van der Waals surface area contributed by atoms with Crippen molar-refractivity contribution in [2.24, 2.45) is 22.3 Å². The molecule has 0 saturated heterocycles. The number of carbonyl (C=O) groups is 2. The number of rotatable bonds is 7. The average Bonchev–Trinajstić information content (AvgIpc) is 2.97. The highest BCUT2D eigenvalue weighted by Crippen LogP contribution is 2.54. The maximum Gasteiger partial charge on any atom is 0.224 e. The third kappa shape index (κ3) is 3.21. The van der Waals surface area contributed by atoms with Gasteiger partial charge in [-0.15, -0.1) is 0 Å². The van der Waals surface area contributed by atoms with Gasteiger partial charge in [-0.1, -0.05) is 55.0 Å². The predicted molar refractivity (Wildman–Crippen MR) is 109 cm³/mol. The SMILES string of the molecule is NC(=O)CCCCC1(C2(C(N)=O)Cc3ccc(cc3)C2)Cc2cccc(c2)C1. The number of primary amides is 2. The molecule has 0 saturated carbocycles. The molecular weight excluding hydrogens is 348 g/mol. The lowest BCUT2D eigenvalue weighted by Crippen LogP contribution is -2.56. The van der Waals surface area contributed by atoms with Crippen molar-refractivity contribution in [3.63, 3.8) is 0 Å². The largest absolute Gasteiger partial charge is 0.370 e. The van der Waals surface area contributed by atoms with Crippen LogP contribution in [0.15, 0.2) is 48.5 Å². The molecule has 4 nitrogen and oxygen atoms in total. The first-order chi connectivity index (χ1) is 13.4. The van der Waals surface area contributed by atoms with Gasteiger partial charge in [-0.25, -0.2) is 0 Å². The van der Waals surface area contributed by atoms with Gasteiger partial charge in [-0.2, -0.15) is 0 Å². The zero-order valence-electron chi connectivity index (χ0n) is 16.2. The fourth-order valence-electron chi connectivity index (χ4n) is 5.56. The van der Waals surface area contributed by atoms with E-state index >= 15 is 0 Å². The van der Waals surface area contributed by atoms with Crippen molar-refractivity contribution < 1.29 is 9.59 Å². The lowest BCUT2D eigenvalue weighted by atomic mass is 9.51. The lowest BCUT2D eigenvalue weighted by Gasteiger charge is -2.51. The quantitative estimate of drug-likeness (QED) is 0.728. The van der Waals surface area contributed by atoms with E-state index in [0.29, 0.717) is 19.3 Å². The Labute approximate surface area is 166 Å². The van der Waals surface area contributed by atoms with Crippen LogP contribution in [0.5, 0.6) is 0 Å². The highest BCUT2D eigenvalue weighted by Gasteiger charge is 2.55. The van der Waals surface area contributed by atoms with Crippen molar-refractivity contribution in [2.45, 2.75) is 51.4 Å². The average molecular weight is 377 g/mol. The van der Waals surface area contributed by atoms with Crippen molar-refractivity contribution in [3.8, 4) is 0 Å². The van der Waals surface area contributed by atoms with E-state index in [-0.39, 0.29) is 17.2 Å². The number of carbonyl (C=O) groups excluding carboxylic acids is 2. The lowest BCUT2D eigenvalue weighted by molar-refractivity contribution is -0.138. The third-order valence-electron chi connectivity index (χ3n) is 6.93. The molecule has 0 fully saturated rings. The Balaban J connectivity index is 1.74. The number of benzene rings is 2. The molecule has 0 atom stereocenters. The molecule has 3 aliphatic rings. The number of unbranched alkanes of at least 4 members (excludes halogenated alkanes) is 1. The molecule has 0 radical (unpaired) electrons. The van der Waals surface area contributed by atoms with Crippen LogP contribution in [-0.2, 0) is 35.3 Å². The molecule has 2 aromatic rings. The summed E-state index contributed by atoms with van der Waals surface area (Å²) in [6.45, 7) is 0. The van der Waals surface area contributed by atoms with Gasteiger partial charge in [0, 0.05) is 6.42 Å². The van der Waals surface area contributed by atoms with E-state index in [9.17, 15) is 9.59 Å². The highest BCUT2D eigenvalue weighted by molar-refractivity contribution is 5.83. The normalized spacial score (nSPS) is 18.4. The van der Waals surface area contributed by atoms with E-state index in [2.05, 4.69) is 48.5 Å². The minimum absolute atomic E-state index is 0.199. The zero-order valence-corrected chi connectivity index (χ0v) is 16.2. The molecule has 0 unspecified atom stereocenters. The van der Waals surface area contributed by atoms with E-state index in [1.54, 1.807) is 0 Å². The molecule has 4 N–H and O–H groups in total. The van der Waals surface area contributed by atoms with E-state index in [4.69, 9.17) is 11.5 Å². The van der Waals surface area contributed by atoms with Crippen LogP contribution in [0, 0.1) is 10.8 Å². The van der Waals surface area contributed by atoms with Crippen molar-refractivity contribution in [1.82, 2.24) is 0 Å². The van der Waals surface area contributed by atoms with Gasteiger partial charge in [0.2, 0.25) is 11.8 Å². The molecule has 2 aromatic carbocycles. The first kappa shape index (κ1) is 18.7. The minimum Gasteiger partial charge on any atom is -0.370 e. The number of hydrogen-bond donors (Lipinski definition) is 2. The van der Waals surface area contributed by atoms with Gasteiger partial charge < -0.3 is 11.5 Å². The Kier molecular flexibility index (Phi) is 4.74. The van der Waals surface area contributed by atoms with Crippen LogP contribution in [0.1, 0.15) is 47.9 Å². The van der Waals surface area contributed by atoms with Crippen molar-refractivity contribution >= 4 is 11.8 Å². The highest BCUT2D eigenvalue weighted by atomic mass is 16.1. The summed E-state index contributed by atoms with van der Waals surface area (Å²) >= 11 is 0. The molecule has 28 heavy (non-hydrogen) atoms. The molecule has 0 aliphatic heterocycles. The molecule has 146 valence electrons. The second-order valence-electron chi connectivity index (χ2n) is 8.74. The van der Waals surface area contributed by atoms with E-state index in [0.717, 1.165) is 32.1 Å². The number of amides is 2. The maximum absolute atomic E-state index is 13.1. The second-order valence-corrected chi connectivity index (χ2v) is 8.74. The second kappa shape index (κ2) is 7.08. The molecule has 4 heteroatoms. The summed E-state index contributed by atoms with van der Waals surface area (Å²) in [5, 5.41) is 0. The van der Waals surface area contributed by atoms with Crippen molar-refractivity contribution in [3.05, 3.63) is 70.8 Å². The molecule has 0 heterocycles. The summed E-state index contributed by atoms with van der Waals surface area (Å²) in [6.07, 6.45) is 5.94. The summed E-state index contributed by atoms with van der Waals surface area (Å²) in [5.41, 5.74) is 15.5. The third-order valence-corrected chi connectivity index (χ3v) is 6.93. The van der Waals surface area contributed by atoms with Gasteiger partial charge >= 0.3 is 0 Å². The Bertz CT molecular complexity index is 855. The maximum atomic E-state index is 13.1. The minimum atomic E-state index is -0.624. The fourth-order valence-corrected chi connectivity index (χ4v) is 5.56. The van der Waals surface area contributed by atoms with E-state index in [1.807, 2.05) is 0 Å². The molecule has 3 aliphatic carbocycles. The van der Waals surface area contributed by atoms with Crippen molar-refractivity contribution in [1.29, 1.82) is 0 Å². The number of nitrogens with two attached hydrogens (primary N) is 2. The topological polar surface area (TPSA) is 86.2 Å². The van der Waals surface area contributed by atoms with Gasteiger partial charge in [0.05, 0.1) is 5.41 Å². The van der Waals surface area contributed by atoms with Gasteiger partial charge in [0.25, 0.3) is 0 Å². The standard InChI is InChI=1S/C24H28N2O2/c25-21(27)6-1-2-11-23(13-19-4-3-5-20(12-19)14-23)24(22(26)28)15-17-7-8-18(16-24)10-9-17/h3-5,7-10,12H,1-2,6,11,13-16H2,(H2,25,27)(H2,26,28). The van der Waals surface area contributed by atoms with Gasteiger partial charge in [-0.3, -0.25) is 9.59 Å². The van der Waals surface area contributed by atoms with Crippen molar-refractivity contribution in [2.75, 3.05) is 0 Å². The van der Waals surface area contributed by atoms with Gasteiger partial charge in [0.1, 0.15) is 0 Å². The summed E-state index contributed by atoms with van der Waals surface area (Å²) in [7, 11) is 0. The Morgan fingerprint density at radius 2 is 1.36 bits per heavy atom. The Hall–Kier alpha value is -2.62. The van der Waals surface area contributed by atoms with E-state index < -0.39 is 5.41 Å². The molecular formula is C24H28N2O2. The fraction of sp³-hybridized carbons (Fsp3) is 0.417. The summed E-state index contributed by atoms with van der Waals surface area (Å²) in [6, 6.07) is 17.2. The smallest absolute Gasteiger partial charge is 0.224 e. The van der Waals surface area contributed by atoms with Crippen LogP contribution in [0.25, 0.3) is 0 Å². The molecule has 4 bridgehead atoms. The first-order valence-electron chi connectivity index (χ1n) is 10.2. The first-order valence-corrected chi connectivity index (χ1v) is 10.2. The summed E-state index contributed by atoms with van der Waals surface area (Å²) in [5.74, 6) is -0.463. The molecule has 0 aromatic heterocycles. The molecule has 2 amide bonds. The van der Waals surface area contributed by atoms with Crippen LogP contribution in [0.4, 0.5) is 0 Å². The number of hydrogen-bond acceptors (Lipinski definition) is 2. The number of fused-ring (bicyclic) bond motifs is 6. The summed E-state index contributed by atoms with van der Waals surface area (Å²) in [4.78, 5) is 24.3. The van der Waals surface area contributed by atoms with Gasteiger partial charge in [-0.05, 0) is 66.2 Å². The zero-order chi connectivity index (χ0) is 19.8.